The van der Waals surface area contributed by atoms with E-state index in [1.807, 2.05) is 35.2 Å². The van der Waals surface area contributed by atoms with Gasteiger partial charge in [-0.1, -0.05) is 42.5 Å². The third-order valence-electron chi connectivity index (χ3n) is 3.92. The van der Waals surface area contributed by atoms with Crippen molar-refractivity contribution in [1.82, 2.24) is 4.90 Å². The highest BCUT2D eigenvalue weighted by molar-refractivity contribution is 7.80. The smallest absolute Gasteiger partial charge is 0.232 e. The molecule has 0 spiro atoms. The highest BCUT2D eigenvalue weighted by Crippen LogP contribution is 2.20. The van der Waals surface area contributed by atoms with Crippen LogP contribution in [-0.4, -0.2) is 42.6 Å². The maximum Gasteiger partial charge on any atom is 0.232 e. The van der Waals surface area contributed by atoms with E-state index in [4.69, 9.17) is 22.7 Å². The Bertz CT molecular complexity index is 492. The standard InChI is InChI=1S/C16H22N2O2S/c1-20-11-13-7-8-18(10-13)16(19)14(15(17)21)9-12-5-3-2-4-6-12/h2-6,13-14H,7-11H2,1H3,(H2,17,21). The van der Waals surface area contributed by atoms with Gasteiger partial charge in [0.25, 0.3) is 0 Å². The second-order valence-electron chi connectivity index (χ2n) is 5.54. The van der Waals surface area contributed by atoms with Crippen LogP contribution in [0.2, 0.25) is 0 Å². The van der Waals surface area contributed by atoms with Crippen LogP contribution >= 0.6 is 12.2 Å². The summed E-state index contributed by atoms with van der Waals surface area (Å²) in [6.07, 6.45) is 1.55. The molecule has 114 valence electrons. The van der Waals surface area contributed by atoms with Gasteiger partial charge in [0.1, 0.15) is 0 Å². The lowest BCUT2D eigenvalue weighted by atomic mass is 9.98. The lowest BCUT2D eigenvalue weighted by Crippen LogP contribution is -2.41. The quantitative estimate of drug-likeness (QED) is 0.812. The van der Waals surface area contributed by atoms with Crippen molar-refractivity contribution in [2.45, 2.75) is 12.8 Å². The zero-order chi connectivity index (χ0) is 15.2. The van der Waals surface area contributed by atoms with E-state index in [9.17, 15) is 4.79 Å². The first-order valence-corrected chi connectivity index (χ1v) is 7.63. The zero-order valence-corrected chi connectivity index (χ0v) is 13.1. The summed E-state index contributed by atoms with van der Waals surface area (Å²) in [7, 11) is 1.69. The molecule has 2 unspecified atom stereocenters. The molecule has 2 N–H and O–H groups in total. The molecule has 1 aliphatic rings. The Labute approximate surface area is 131 Å². The van der Waals surface area contributed by atoms with Gasteiger partial charge in [0, 0.05) is 26.1 Å². The Kier molecular flexibility index (Phi) is 5.70. The lowest BCUT2D eigenvalue weighted by molar-refractivity contribution is -0.132. The molecule has 0 saturated carbocycles. The number of benzene rings is 1. The molecule has 1 aliphatic heterocycles. The molecule has 1 amide bonds. The Hall–Kier alpha value is -1.46. The number of likely N-dealkylation sites (tertiary alicyclic amines) is 1. The van der Waals surface area contributed by atoms with E-state index in [0.29, 0.717) is 18.9 Å². The number of ether oxygens (including phenoxy) is 1. The number of amides is 1. The number of hydrogen-bond donors (Lipinski definition) is 1. The third kappa shape index (κ3) is 4.25. The van der Waals surface area contributed by atoms with Gasteiger partial charge in [0.05, 0.1) is 17.5 Å². The molecule has 0 bridgehead atoms. The number of carbonyl (C=O) groups is 1. The molecule has 1 aromatic carbocycles. The highest BCUT2D eigenvalue weighted by atomic mass is 32.1. The summed E-state index contributed by atoms with van der Waals surface area (Å²) < 4.78 is 5.17. The van der Waals surface area contributed by atoms with E-state index in [-0.39, 0.29) is 10.9 Å². The van der Waals surface area contributed by atoms with E-state index in [1.54, 1.807) is 7.11 Å². The first kappa shape index (κ1) is 15.9. The van der Waals surface area contributed by atoms with Crippen LogP contribution in [0.4, 0.5) is 0 Å². The number of hydrogen-bond acceptors (Lipinski definition) is 3. The van der Waals surface area contributed by atoms with Crippen LogP contribution < -0.4 is 5.73 Å². The average molecular weight is 306 g/mol. The topological polar surface area (TPSA) is 55.6 Å². The summed E-state index contributed by atoms with van der Waals surface area (Å²) in [6.45, 7) is 2.20. The minimum absolute atomic E-state index is 0.0463. The summed E-state index contributed by atoms with van der Waals surface area (Å²) in [5.74, 6) is 0.0522. The van der Waals surface area contributed by atoms with Crippen molar-refractivity contribution >= 4 is 23.1 Å². The van der Waals surface area contributed by atoms with Crippen molar-refractivity contribution in [3.8, 4) is 0 Å². The van der Waals surface area contributed by atoms with Crippen LogP contribution in [0.3, 0.4) is 0 Å². The van der Waals surface area contributed by atoms with Crippen molar-refractivity contribution in [3.63, 3.8) is 0 Å². The molecular formula is C16H22N2O2S. The van der Waals surface area contributed by atoms with Gasteiger partial charge in [-0.3, -0.25) is 4.79 Å². The van der Waals surface area contributed by atoms with Crippen LogP contribution in [0.15, 0.2) is 30.3 Å². The number of carbonyl (C=O) groups excluding carboxylic acids is 1. The number of rotatable bonds is 6. The second kappa shape index (κ2) is 7.52. The third-order valence-corrected chi connectivity index (χ3v) is 4.21. The Morgan fingerprint density at radius 2 is 2.19 bits per heavy atom. The first-order chi connectivity index (χ1) is 10.1. The summed E-state index contributed by atoms with van der Waals surface area (Å²) in [6, 6.07) is 9.87. The fourth-order valence-corrected chi connectivity index (χ4v) is 2.97. The molecule has 0 aromatic heterocycles. The van der Waals surface area contributed by atoms with Crippen LogP contribution in [-0.2, 0) is 16.0 Å². The lowest BCUT2D eigenvalue weighted by Gasteiger charge is -2.23. The largest absolute Gasteiger partial charge is 0.393 e. The fraction of sp³-hybridized carbons (Fsp3) is 0.500. The Morgan fingerprint density at radius 1 is 1.48 bits per heavy atom. The molecule has 1 heterocycles. The predicted molar refractivity (Wildman–Crippen MR) is 87.0 cm³/mol. The van der Waals surface area contributed by atoms with E-state index < -0.39 is 5.92 Å². The highest BCUT2D eigenvalue weighted by Gasteiger charge is 2.32. The van der Waals surface area contributed by atoms with Gasteiger partial charge in [-0.05, 0) is 18.4 Å². The maximum atomic E-state index is 12.7. The van der Waals surface area contributed by atoms with Crippen molar-refractivity contribution in [1.29, 1.82) is 0 Å². The summed E-state index contributed by atoms with van der Waals surface area (Å²) in [4.78, 5) is 14.8. The molecule has 1 fully saturated rings. The second-order valence-corrected chi connectivity index (χ2v) is 6.01. The van der Waals surface area contributed by atoms with Crippen LogP contribution in [0, 0.1) is 11.8 Å². The predicted octanol–water partition coefficient (Wildman–Crippen LogP) is 1.63. The van der Waals surface area contributed by atoms with Gasteiger partial charge in [-0.25, -0.2) is 0 Å². The van der Waals surface area contributed by atoms with Gasteiger partial charge in [-0.2, -0.15) is 0 Å². The first-order valence-electron chi connectivity index (χ1n) is 7.22. The monoisotopic (exact) mass is 306 g/mol. The summed E-state index contributed by atoms with van der Waals surface area (Å²) >= 11 is 5.11. The fourth-order valence-electron chi connectivity index (χ4n) is 2.78. The molecule has 1 aromatic rings. The van der Waals surface area contributed by atoms with Gasteiger partial charge in [0.15, 0.2) is 0 Å². The van der Waals surface area contributed by atoms with Gasteiger partial charge in [0.2, 0.25) is 5.91 Å². The van der Waals surface area contributed by atoms with Crippen molar-refractivity contribution in [2.75, 3.05) is 26.8 Å². The Morgan fingerprint density at radius 3 is 2.81 bits per heavy atom. The zero-order valence-electron chi connectivity index (χ0n) is 12.3. The van der Waals surface area contributed by atoms with Crippen LogP contribution in [0.1, 0.15) is 12.0 Å². The number of methoxy groups -OCH3 is 1. The van der Waals surface area contributed by atoms with E-state index in [0.717, 1.165) is 25.1 Å². The van der Waals surface area contributed by atoms with E-state index in [1.165, 1.54) is 0 Å². The maximum absolute atomic E-state index is 12.7. The van der Waals surface area contributed by atoms with Crippen LogP contribution in [0.25, 0.3) is 0 Å². The van der Waals surface area contributed by atoms with Crippen molar-refractivity contribution in [2.24, 2.45) is 17.6 Å². The average Bonchev–Trinajstić information content (AvgIpc) is 2.94. The molecule has 2 atom stereocenters. The van der Waals surface area contributed by atoms with Gasteiger partial charge < -0.3 is 15.4 Å². The van der Waals surface area contributed by atoms with E-state index >= 15 is 0 Å². The molecular weight excluding hydrogens is 284 g/mol. The molecule has 5 heteroatoms. The molecule has 0 aliphatic carbocycles. The molecule has 21 heavy (non-hydrogen) atoms. The van der Waals surface area contributed by atoms with Crippen molar-refractivity contribution in [3.05, 3.63) is 35.9 Å². The van der Waals surface area contributed by atoms with Crippen molar-refractivity contribution < 1.29 is 9.53 Å². The van der Waals surface area contributed by atoms with Gasteiger partial charge in [-0.15, -0.1) is 0 Å². The SMILES string of the molecule is COCC1CCN(C(=O)C(Cc2ccccc2)C(N)=S)C1. The molecule has 2 rings (SSSR count). The summed E-state index contributed by atoms with van der Waals surface area (Å²) in [5, 5.41) is 0. The summed E-state index contributed by atoms with van der Waals surface area (Å²) in [5.41, 5.74) is 6.89. The number of thiocarbonyl (C=S) groups is 1. The van der Waals surface area contributed by atoms with Crippen LogP contribution in [0.5, 0.6) is 0 Å². The minimum atomic E-state index is -0.413. The van der Waals surface area contributed by atoms with Gasteiger partial charge >= 0.3 is 0 Å². The molecule has 1 saturated heterocycles. The van der Waals surface area contributed by atoms with E-state index in [2.05, 4.69) is 0 Å². The normalized spacial score (nSPS) is 19.5. The molecule has 4 nitrogen and oxygen atoms in total. The molecule has 0 radical (unpaired) electrons. The Balaban J connectivity index is 2.01. The number of nitrogens with two attached hydrogens (primary N) is 1. The minimum Gasteiger partial charge on any atom is -0.393 e. The number of nitrogens with zero attached hydrogens (tertiary/aromatic N) is 1.